The first-order valence-corrected chi connectivity index (χ1v) is 8.39. The molecule has 0 aliphatic rings. The lowest BCUT2D eigenvalue weighted by molar-refractivity contribution is -0.138. The summed E-state index contributed by atoms with van der Waals surface area (Å²) in [5.41, 5.74) is 8.47. The molecule has 23 heavy (non-hydrogen) atoms. The standard InChI is InChI=1S/C17H20N2O3S/c1-12-2-8-15(9-3-12)23(22)19-11-14-6-4-13(5-7-14)10-16(18)17(20)21/h2-9,16,19H,10-11,18H2,1H3,(H,20,21). The van der Waals surface area contributed by atoms with E-state index in [1.807, 2.05) is 55.5 Å². The Bertz CT molecular complexity index is 684. The van der Waals surface area contributed by atoms with E-state index in [9.17, 15) is 9.00 Å². The van der Waals surface area contributed by atoms with Crippen LogP contribution in [0.5, 0.6) is 0 Å². The van der Waals surface area contributed by atoms with Gasteiger partial charge in [0, 0.05) is 6.54 Å². The third-order valence-corrected chi connectivity index (χ3v) is 4.55. The molecule has 0 amide bonds. The first-order valence-electron chi connectivity index (χ1n) is 7.24. The first-order chi connectivity index (χ1) is 11.0. The lowest BCUT2D eigenvalue weighted by atomic mass is 10.0. The second-order valence-corrected chi connectivity index (χ2v) is 6.67. The summed E-state index contributed by atoms with van der Waals surface area (Å²) in [5.74, 6) is -1.01. The summed E-state index contributed by atoms with van der Waals surface area (Å²) in [7, 11) is -1.26. The molecule has 0 saturated heterocycles. The highest BCUT2D eigenvalue weighted by molar-refractivity contribution is 7.83. The monoisotopic (exact) mass is 332 g/mol. The molecule has 2 atom stereocenters. The van der Waals surface area contributed by atoms with Gasteiger partial charge in [-0.15, -0.1) is 0 Å². The molecule has 5 nitrogen and oxygen atoms in total. The summed E-state index contributed by atoms with van der Waals surface area (Å²) < 4.78 is 15.1. The molecule has 122 valence electrons. The average molecular weight is 332 g/mol. The van der Waals surface area contributed by atoms with Gasteiger partial charge in [0.15, 0.2) is 0 Å². The van der Waals surface area contributed by atoms with E-state index >= 15 is 0 Å². The number of aliphatic carboxylic acids is 1. The number of hydrogen-bond donors (Lipinski definition) is 3. The van der Waals surface area contributed by atoms with Crippen molar-refractivity contribution in [2.45, 2.75) is 30.8 Å². The SMILES string of the molecule is Cc1ccc(S(=O)NCc2ccc(CC(N)C(=O)O)cc2)cc1. The number of rotatable bonds is 7. The first kappa shape index (κ1) is 17.3. The Hall–Kier alpha value is -2.02. The zero-order valence-electron chi connectivity index (χ0n) is 12.9. The number of aryl methyl sites for hydroxylation is 1. The number of carboxylic acids is 1. The summed E-state index contributed by atoms with van der Waals surface area (Å²) in [6.45, 7) is 2.45. The fraction of sp³-hybridized carbons (Fsp3) is 0.235. The van der Waals surface area contributed by atoms with Crippen molar-refractivity contribution < 1.29 is 14.1 Å². The number of hydrogen-bond acceptors (Lipinski definition) is 3. The average Bonchev–Trinajstić information content (AvgIpc) is 2.54. The van der Waals surface area contributed by atoms with Crippen molar-refractivity contribution in [3.63, 3.8) is 0 Å². The van der Waals surface area contributed by atoms with Crippen molar-refractivity contribution in [2.24, 2.45) is 5.73 Å². The van der Waals surface area contributed by atoms with Crippen LogP contribution in [-0.2, 0) is 28.7 Å². The van der Waals surface area contributed by atoms with Crippen LogP contribution in [0.1, 0.15) is 16.7 Å². The normalized spacial score (nSPS) is 13.5. The second-order valence-electron chi connectivity index (χ2n) is 5.37. The van der Waals surface area contributed by atoms with Crippen LogP contribution in [0.25, 0.3) is 0 Å². The quantitative estimate of drug-likeness (QED) is 0.720. The number of nitrogens with two attached hydrogens (primary N) is 1. The number of benzene rings is 2. The molecule has 0 aliphatic heterocycles. The summed E-state index contributed by atoms with van der Waals surface area (Å²) >= 11 is 0. The Morgan fingerprint density at radius 1 is 1.13 bits per heavy atom. The topological polar surface area (TPSA) is 92.4 Å². The van der Waals surface area contributed by atoms with Crippen molar-refractivity contribution in [3.8, 4) is 0 Å². The van der Waals surface area contributed by atoms with Gasteiger partial charge in [0.1, 0.15) is 17.0 Å². The minimum atomic E-state index is -1.26. The largest absolute Gasteiger partial charge is 0.480 e. The Kier molecular flexibility index (Phi) is 6.04. The van der Waals surface area contributed by atoms with Crippen molar-refractivity contribution in [1.29, 1.82) is 0 Å². The molecule has 0 heterocycles. The zero-order chi connectivity index (χ0) is 16.8. The van der Waals surface area contributed by atoms with Crippen LogP contribution in [0, 0.1) is 6.92 Å². The van der Waals surface area contributed by atoms with Crippen LogP contribution in [0.4, 0.5) is 0 Å². The summed E-state index contributed by atoms with van der Waals surface area (Å²) in [6, 6.07) is 14.1. The van der Waals surface area contributed by atoms with E-state index in [2.05, 4.69) is 4.72 Å². The molecule has 0 radical (unpaired) electrons. The van der Waals surface area contributed by atoms with Crippen molar-refractivity contribution in [2.75, 3.05) is 0 Å². The molecule has 2 aromatic carbocycles. The molecule has 0 aromatic heterocycles. The molecule has 0 bridgehead atoms. The Morgan fingerprint density at radius 2 is 1.70 bits per heavy atom. The van der Waals surface area contributed by atoms with E-state index in [-0.39, 0.29) is 0 Å². The van der Waals surface area contributed by atoms with Gasteiger partial charge in [0.05, 0.1) is 4.90 Å². The molecule has 2 aromatic rings. The molecule has 0 aliphatic carbocycles. The predicted molar refractivity (Wildman–Crippen MR) is 90.2 cm³/mol. The van der Waals surface area contributed by atoms with Gasteiger partial charge in [-0.25, -0.2) is 8.93 Å². The second kappa shape index (κ2) is 8.01. The van der Waals surface area contributed by atoms with E-state index in [1.54, 1.807) is 0 Å². The van der Waals surface area contributed by atoms with Gasteiger partial charge in [0.25, 0.3) is 0 Å². The Morgan fingerprint density at radius 3 is 2.26 bits per heavy atom. The van der Waals surface area contributed by atoms with E-state index in [4.69, 9.17) is 10.8 Å². The van der Waals surface area contributed by atoms with E-state index in [0.717, 1.165) is 21.6 Å². The number of nitrogens with one attached hydrogen (secondary N) is 1. The van der Waals surface area contributed by atoms with Gasteiger partial charge >= 0.3 is 5.97 Å². The van der Waals surface area contributed by atoms with Gasteiger partial charge in [-0.1, -0.05) is 42.0 Å². The minimum absolute atomic E-state index is 0.290. The number of carbonyl (C=O) groups is 1. The maximum atomic E-state index is 12.1. The van der Waals surface area contributed by atoms with Gasteiger partial charge in [0.2, 0.25) is 0 Å². The highest BCUT2D eigenvalue weighted by atomic mass is 32.2. The van der Waals surface area contributed by atoms with Crippen molar-refractivity contribution >= 4 is 17.0 Å². The molecule has 2 unspecified atom stereocenters. The fourth-order valence-corrected chi connectivity index (χ4v) is 2.88. The van der Waals surface area contributed by atoms with E-state index in [0.29, 0.717) is 13.0 Å². The lowest BCUT2D eigenvalue weighted by Gasteiger charge is -2.08. The highest BCUT2D eigenvalue weighted by Gasteiger charge is 2.11. The Labute approximate surface area is 138 Å². The van der Waals surface area contributed by atoms with E-state index in [1.165, 1.54) is 0 Å². The smallest absolute Gasteiger partial charge is 0.320 e. The molecule has 0 spiro atoms. The summed E-state index contributed by atoms with van der Waals surface area (Å²) in [6.07, 6.45) is 0.290. The maximum absolute atomic E-state index is 12.1. The maximum Gasteiger partial charge on any atom is 0.320 e. The van der Waals surface area contributed by atoms with Gasteiger partial charge in [-0.2, -0.15) is 0 Å². The van der Waals surface area contributed by atoms with Gasteiger partial charge < -0.3 is 10.8 Å². The van der Waals surface area contributed by atoms with Crippen LogP contribution in [0.2, 0.25) is 0 Å². The Balaban J connectivity index is 1.89. The molecule has 6 heteroatoms. The van der Waals surface area contributed by atoms with Crippen molar-refractivity contribution in [3.05, 3.63) is 65.2 Å². The molecule has 2 rings (SSSR count). The highest BCUT2D eigenvalue weighted by Crippen LogP contribution is 2.09. The van der Waals surface area contributed by atoms with Crippen LogP contribution < -0.4 is 10.5 Å². The molecule has 0 fully saturated rings. The van der Waals surface area contributed by atoms with Crippen LogP contribution in [0.3, 0.4) is 0 Å². The van der Waals surface area contributed by atoms with E-state index < -0.39 is 23.0 Å². The fourth-order valence-electron chi connectivity index (χ4n) is 2.03. The van der Waals surface area contributed by atoms with Gasteiger partial charge in [-0.3, -0.25) is 4.79 Å². The minimum Gasteiger partial charge on any atom is -0.480 e. The van der Waals surface area contributed by atoms with Crippen LogP contribution >= 0.6 is 0 Å². The number of carboxylic acid groups (broad SMARTS) is 1. The van der Waals surface area contributed by atoms with Crippen molar-refractivity contribution in [1.82, 2.24) is 4.72 Å². The summed E-state index contributed by atoms with van der Waals surface area (Å²) in [4.78, 5) is 11.5. The van der Waals surface area contributed by atoms with Gasteiger partial charge in [-0.05, 0) is 36.6 Å². The third kappa shape index (κ3) is 5.28. The molecule has 4 N–H and O–H groups in total. The zero-order valence-corrected chi connectivity index (χ0v) is 13.7. The lowest BCUT2D eigenvalue weighted by Crippen LogP contribution is -2.32. The summed E-state index contributed by atoms with van der Waals surface area (Å²) in [5, 5.41) is 8.80. The van der Waals surface area contributed by atoms with Crippen LogP contribution in [0.15, 0.2) is 53.4 Å². The molecule has 0 saturated carbocycles. The van der Waals surface area contributed by atoms with Crippen LogP contribution in [-0.4, -0.2) is 21.3 Å². The molecular weight excluding hydrogens is 312 g/mol. The molecular formula is C17H20N2O3S. The predicted octanol–water partition coefficient (Wildman–Crippen LogP) is 1.76. The third-order valence-electron chi connectivity index (χ3n) is 3.44.